The van der Waals surface area contributed by atoms with Crippen molar-refractivity contribution in [1.29, 1.82) is 0 Å². The highest BCUT2D eigenvalue weighted by atomic mass is 16.5. The van der Waals surface area contributed by atoms with Crippen LogP contribution in [0.5, 0.6) is 0 Å². The molecule has 116 valence electrons. The SMILES string of the molecule is CC(C)C1CCC(C(N)C2CCOC3(CCC3)C2)CC1. The summed E-state index contributed by atoms with van der Waals surface area (Å²) < 4.78 is 6.06. The van der Waals surface area contributed by atoms with Crippen LogP contribution in [0.1, 0.15) is 71.6 Å². The number of ether oxygens (including phenoxy) is 1. The molecule has 2 unspecified atom stereocenters. The molecule has 2 aliphatic carbocycles. The largest absolute Gasteiger partial charge is 0.375 e. The first kappa shape index (κ1) is 14.8. The van der Waals surface area contributed by atoms with Gasteiger partial charge < -0.3 is 10.5 Å². The predicted octanol–water partition coefficient (Wildman–Crippen LogP) is 4.13. The zero-order chi connectivity index (χ0) is 14.2. The third-order valence-electron chi connectivity index (χ3n) is 6.64. The highest BCUT2D eigenvalue weighted by molar-refractivity contribution is 4.97. The Labute approximate surface area is 124 Å². The van der Waals surface area contributed by atoms with Crippen molar-refractivity contribution in [2.75, 3.05) is 6.61 Å². The van der Waals surface area contributed by atoms with Crippen LogP contribution in [0.2, 0.25) is 0 Å². The van der Waals surface area contributed by atoms with Gasteiger partial charge in [-0.15, -0.1) is 0 Å². The highest BCUT2D eigenvalue weighted by Gasteiger charge is 2.45. The molecule has 0 bridgehead atoms. The number of hydrogen-bond acceptors (Lipinski definition) is 2. The minimum Gasteiger partial charge on any atom is -0.375 e. The number of hydrogen-bond donors (Lipinski definition) is 1. The van der Waals surface area contributed by atoms with Gasteiger partial charge in [0.25, 0.3) is 0 Å². The van der Waals surface area contributed by atoms with Crippen molar-refractivity contribution in [3.8, 4) is 0 Å². The quantitative estimate of drug-likeness (QED) is 0.843. The van der Waals surface area contributed by atoms with Crippen molar-refractivity contribution in [1.82, 2.24) is 0 Å². The van der Waals surface area contributed by atoms with Gasteiger partial charge in [-0.25, -0.2) is 0 Å². The third kappa shape index (κ3) is 2.92. The second-order valence-corrected chi connectivity index (χ2v) is 8.13. The molecule has 2 heteroatoms. The normalized spacial score (nSPS) is 38.7. The maximum atomic E-state index is 6.69. The number of nitrogens with two attached hydrogens (primary N) is 1. The molecule has 1 aliphatic heterocycles. The average Bonchev–Trinajstić information content (AvgIpc) is 2.45. The van der Waals surface area contributed by atoms with Gasteiger partial charge in [0.1, 0.15) is 0 Å². The summed E-state index contributed by atoms with van der Waals surface area (Å²) in [6.07, 6.45) is 11.9. The topological polar surface area (TPSA) is 35.2 Å². The van der Waals surface area contributed by atoms with E-state index in [0.717, 1.165) is 30.3 Å². The Balaban J connectivity index is 1.52. The van der Waals surface area contributed by atoms with Gasteiger partial charge in [0, 0.05) is 12.6 Å². The van der Waals surface area contributed by atoms with E-state index in [1.165, 1.54) is 57.8 Å². The minimum absolute atomic E-state index is 0.260. The molecule has 1 saturated heterocycles. The van der Waals surface area contributed by atoms with E-state index in [1.807, 2.05) is 0 Å². The van der Waals surface area contributed by atoms with Crippen LogP contribution in [0.25, 0.3) is 0 Å². The fourth-order valence-corrected chi connectivity index (χ4v) is 4.90. The zero-order valence-corrected chi connectivity index (χ0v) is 13.4. The summed E-state index contributed by atoms with van der Waals surface area (Å²) in [6, 6.07) is 0.435. The van der Waals surface area contributed by atoms with Crippen LogP contribution in [-0.2, 0) is 4.74 Å². The summed E-state index contributed by atoms with van der Waals surface area (Å²) in [5.41, 5.74) is 6.95. The molecule has 1 spiro atoms. The standard InChI is InChI=1S/C18H33NO/c1-13(2)14-4-6-15(7-5-14)17(19)16-8-11-20-18(12-16)9-3-10-18/h13-17H,3-12,19H2,1-2H3. The Morgan fingerprint density at radius 3 is 2.15 bits per heavy atom. The van der Waals surface area contributed by atoms with Crippen molar-refractivity contribution in [2.45, 2.75) is 83.3 Å². The smallest absolute Gasteiger partial charge is 0.0685 e. The Bertz CT molecular complexity index is 315. The summed E-state index contributed by atoms with van der Waals surface area (Å²) in [5.74, 6) is 3.31. The lowest BCUT2D eigenvalue weighted by Crippen LogP contribution is -2.51. The molecule has 3 rings (SSSR count). The fourth-order valence-electron chi connectivity index (χ4n) is 4.90. The van der Waals surface area contributed by atoms with Gasteiger partial charge in [-0.3, -0.25) is 0 Å². The lowest BCUT2D eigenvalue weighted by molar-refractivity contribution is -0.148. The minimum atomic E-state index is 0.260. The first-order valence-corrected chi connectivity index (χ1v) is 8.99. The molecular weight excluding hydrogens is 246 g/mol. The Morgan fingerprint density at radius 1 is 0.950 bits per heavy atom. The summed E-state index contributed by atoms with van der Waals surface area (Å²) in [4.78, 5) is 0. The zero-order valence-electron chi connectivity index (χ0n) is 13.4. The van der Waals surface area contributed by atoms with Crippen molar-refractivity contribution >= 4 is 0 Å². The van der Waals surface area contributed by atoms with Crippen molar-refractivity contribution in [3.63, 3.8) is 0 Å². The van der Waals surface area contributed by atoms with E-state index in [2.05, 4.69) is 13.8 Å². The van der Waals surface area contributed by atoms with Gasteiger partial charge in [0.15, 0.2) is 0 Å². The summed E-state index contributed by atoms with van der Waals surface area (Å²) in [5, 5.41) is 0. The molecule has 1 heterocycles. The van der Waals surface area contributed by atoms with Crippen molar-refractivity contribution in [3.05, 3.63) is 0 Å². The molecule has 0 aromatic carbocycles. The molecule has 0 aromatic heterocycles. The number of rotatable bonds is 3. The van der Waals surface area contributed by atoms with Crippen LogP contribution >= 0.6 is 0 Å². The molecule has 2 atom stereocenters. The van der Waals surface area contributed by atoms with E-state index in [0.29, 0.717) is 6.04 Å². The van der Waals surface area contributed by atoms with Gasteiger partial charge in [-0.1, -0.05) is 13.8 Å². The van der Waals surface area contributed by atoms with Gasteiger partial charge in [-0.2, -0.15) is 0 Å². The summed E-state index contributed by atoms with van der Waals surface area (Å²) in [6.45, 7) is 5.72. The molecule has 0 amide bonds. The van der Waals surface area contributed by atoms with Gasteiger partial charge >= 0.3 is 0 Å². The van der Waals surface area contributed by atoms with Crippen LogP contribution < -0.4 is 5.73 Å². The molecule has 20 heavy (non-hydrogen) atoms. The van der Waals surface area contributed by atoms with Crippen molar-refractivity contribution in [2.24, 2.45) is 29.4 Å². The van der Waals surface area contributed by atoms with E-state index in [4.69, 9.17) is 10.5 Å². The van der Waals surface area contributed by atoms with E-state index < -0.39 is 0 Å². The average molecular weight is 279 g/mol. The van der Waals surface area contributed by atoms with Crippen LogP contribution in [-0.4, -0.2) is 18.2 Å². The van der Waals surface area contributed by atoms with E-state index in [-0.39, 0.29) is 5.60 Å². The van der Waals surface area contributed by atoms with E-state index in [1.54, 1.807) is 0 Å². The molecule has 3 aliphatic rings. The lowest BCUT2D eigenvalue weighted by Gasteiger charge is -2.49. The van der Waals surface area contributed by atoms with Gasteiger partial charge in [0.2, 0.25) is 0 Å². The van der Waals surface area contributed by atoms with Crippen molar-refractivity contribution < 1.29 is 4.74 Å². The molecule has 3 fully saturated rings. The van der Waals surface area contributed by atoms with Crippen LogP contribution in [0, 0.1) is 23.7 Å². The van der Waals surface area contributed by atoms with Gasteiger partial charge in [0.05, 0.1) is 5.60 Å². The first-order chi connectivity index (χ1) is 9.60. The van der Waals surface area contributed by atoms with Crippen LogP contribution in [0.4, 0.5) is 0 Å². The molecule has 0 radical (unpaired) electrons. The molecular formula is C18H33NO. The van der Waals surface area contributed by atoms with Crippen LogP contribution in [0.15, 0.2) is 0 Å². The monoisotopic (exact) mass is 279 g/mol. The molecule has 2 saturated carbocycles. The fraction of sp³-hybridized carbons (Fsp3) is 1.00. The lowest BCUT2D eigenvalue weighted by atomic mass is 9.66. The summed E-state index contributed by atoms with van der Waals surface area (Å²) in [7, 11) is 0. The van der Waals surface area contributed by atoms with E-state index >= 15 is 0 Å². The maximum absolute atomic E-state index is 6.69. The highest BCUT2D eigenvalue weighted by Crippen LogP contribution is 2.46. The maximum Gasteiger partial charge on any atom is 0.0685 e. The predicted molar refractivity (Wildman–Crippen MR) is 83.5 cm³/mol. The second kappa shape index (κ2) is 5.96. The third-order valence-corrected chi connectivity index (χ3v) is 6.64. The molecule has 0 aromatic rings. The van der Waals surface area contributed by atoms with Crippen LogP contribution in [0.3, 0.4) is 0 Å². The molecule has 2 nitrogen and oxygen atoms in total. The van der Waals surface area contributed by atoms with E-state index in [9.17, 15) is 0 Å². The second-order valence-electron chi connectivity index (χ2n) is 8.13. The van der Waals surface area contributed by atoms with Gasteiger partial charge in [-0.05, 0) is 81.5 Å². The Kier molecular flexibility index (Phi) is 4.42. The first-order valence-electron chi connectivity index (χ1n) is 8.99. The summed E-state index contributed by atoms with van der Waals surface area (Å²) >= 11 is 0. The Hall–Kier alpha value is -0.0800. The molecule has 2 N–H and O–H groups in total. The Morgan fingerprint density at radius 2 is 1.60 bits per heavy atom.